The van der Waals surface area contributed by atoms with Crippen molar-refractivity contribution in [3.63, 3.8) is 0 Å². The highest BCUT2D eigenvalue weighted by molar-refractivity contribution is 6.42. The second kappa shape index (κ2) is 7.06. The molecule has 0 saturated carbocycles. The second-order valence-electron chi connectivity index (χ2n) is 4.14. The van der Waals surface area contributed by atoms with Gasteiger partial charge in [0.2, 0.25) is 5.91 Å². The Morgan fingerprint density at radius 2 is 1.86 bits per heavy atom. The number of halogens is 2. The van der Waals surface area contributed by atoms with Crippen LogP contribution in [-0.2, 0) is 11.2 Å². The number of aromatic nitrogens is 1. The number of carbonyl (C=O) groups is 2. The fraction of sp³-hybridized carbons (Fsp3) is 0.0714. The van der Waals surface area contributed by atoms with Crippen LogP contribution in [0.4, 0.5) is 0 Å². The van der Waals surface area contributed by atoms with Crippen molar-refractivity contribution < 1.29 is 9.59 Å². The van der Waals surface area contributed by atoms with Crippen LogP contribution in [0.15, 0.2) is 42.6 Å². The third-order valence-electron chi connectivity index (χ3n) is 2.56. The van der Waals surface area contributed by atoms with Gasteiger partial charge in [-0.25, -0.2) is 0 Å². The summed E-state index contributed by atoms with van der Waals surface area (Å²) < 4.78 is 0. The molecule has 1 heterocycles. The topological polar surface area (TPSA) is 71.1 Å². The minimum Gasteiger partial charge on any atom is -0.273 e. The second-order valence-corrected chi connectivity index (χ2v) is 4.96. The van der Waals surface area contributed by atoms with Crippen LogP contribution in [0.25, 0.3) is 0 Å². The molecule has 0 fully saturated rings. The van der Waals surface area contributed by atoms with Crippen molar-refractivity contribution in [3.05, 3.63) is 63.9 Å². The van der Waals surface area contributed by atoms with Crippen LogP contribution in [0, 0.1) is 0 Å². The zero-order valence-electron chi connectivity index (χ0n) is 10.8. The van der Waals surface area contributed by atoms with E-state index >= 15 is 0 Å². The van der Waals surface area contributed by atoms with Gasteiger partial charge in [0.1, 0.15) is 5.69 Å². The van der Waals surface area contributed by atoms with Gasteiger partial charge < -0.3 is 0 Å². The zero-order valence-corrected chi connectivity index (χ0v) is 12.3. The van der Waals surface area contributed by atoms with Crippen molar-refractivity contribution in [2.45, 2.75) is 6.42 Å². The van der Waals surface area contributed by atoms with Gasteiger partial charge in [0.15, 0.2) is 0 Å². The van der Waals surface area contributed by atoms with Crippen molar-refractivity contribution in [2.75, 3.05) is 0 Å². The van der Waals surface area contributed by atoms with Crippen LogP contribution in [0.3, 0.4) is 0 Å². The smallest absolute Gasteiger partial charge is 0.273 e. The van der Waals surface area contributed by atoms with E-state index in [1.165, 1.54) is 6.20 Å². The first kappa shape index (κ1) is 15.3. The molecule has 0 spiro atoms. The molecule has 2 amide bonds. The van der Waals surface area contributed by atoms with Crippen LogP contribution in [-0.4, -0.2) is 16.8 Å². The number of rotatable bonds is 3. The van der Waals surface area contributed by atoms with Crippen molar-refractivity contribution in [1.82, 2.24) is 15.8 Å². The lowest BCUT2D eigenvalue weighted by Crippen LogP contribution is -2.42. The summed E-state index contributed by atoms with van der Waals surface area (Å²) in [5.41, 5.74) is 5.50. The molecule has 1 aromatic carbocycles. The molecule has 0 saturated heterocycles. The Balaban J connectivity index is 1.87. The lowest BCUT2D eigenvalue weighted by atomic mass is 10.1. The Bertz CT molecular complexity index is 663. The number of pyridine rings is 1. The first-order chi connectivity index (χ1) is 10.1. The Morgan fingerprint density at radius 1 is 1.05 bits per heavy atom. The normalized spacial score (nSPS) is 10.0. The first-order valence-electron chi connectivity index (χ1n) is 6.00. The van der Waals surface area contributed by atoms with E-state index in [-0.39, 0.29) is 18.0 Å². The predicted octanol–water partition coefficient (Wildman–Crippen LogP) is 2.39. The zero-order chi connectivity index (χ0) is 15.2. The van der Waals surface area contributed by atoms with E-state index in [0.717, 1.165) is 0 Å². The number of nitrogens with zero attached hydrogens (tertiary/aromatic N) is 1. The maximum Gasteiger partial charge on any atom is 0.288 e. The van der Waals surface area contributed by atoms with Crippen molar-refractivity contribution in [1.29, 1.82) is 0 Å². The molecule has 5 nitrogen and oxygen atoms in total. The van der Waals surface area contributed by atoms with Gasteiger partial charge in [-0.1, -0.05) is 35.3 Å². The van der Waals surface area contributed by atoms with E-state index in [1.54, 1.807) is 36.4 Å². The fourth-order valence-electron chi connectivity index (χ4n) is 1.57. The van der Waals surface area contributed by atoms with E-state index in [4.69, 9.17) is 23.2 Å². The largest absolute Gasteiger partial charge is 0.288 e. The number of hydrogen-bond acceptors (Lipinski definition) is 3. The highest BCUT2D eigenvalue weighted by Crippen LogP contribution is 2.22. The molecular formula is C14H11Cl2N3O2. The van der Waals surface area contributed by atoms with Gasteiger partial charge in [-0.15, -0.1) is 0 Å². The molecule has 21 heavy (non-hydrogen) atoms. The molecule has 0 radical (unpaired) electrons. The number of amides is 2. The highest BCUT2D eigenvalue weighted by Gasteiger charge is 2.09. The third kappa shape index (κ3) is 4.44. The molecule has 2 rings (SSSR count). The molecule has 2 N–H and O–H groups in total. The van der Waals surface area contributed by atoms with E-state index in [9.17, 15) is 9.59 Å². The SMILES string of the molecule is O=C(Cc1ccc(Cl)c(Cl)c1)NNC(=O)c1ccccn1. The molecule has 108 valence electrons. The highest BCUT2D eigenvalue weighted by atomic mass is 35.5. The molecule has 0 aliphatic carbocycles. The summed E-state index contributed by atoms with van der Waals surface area (Å²) in [5, 5.41) is 0.795. The van der Waals surface area contributed by atoms with Gasteiger partial charge >= 0.3 is 0 Å². The maximum atomic E-state index is 11.7. The maximum absolute atomic E-state index is 11.7. The molecule has 0 bridgehead atoms. The molecular weight excluding hydrogens is 313 g/mol. The fourth-order valence-corrected chi connectivity index (χ4v) is 1.89. The Kier molecular flexibility index (Phi) is 5.14. The third-order valence-corrected chi connectivity index (χ3v) is 3.30. The van der Waals surface area contributed by atoms with Gasteiger partial charge in [0.25, 0.3) is 5.91 Å². The molecule has 0 aliphatic heterocycles. The average Bonchev–Trinajstić information content (AvgIpc) is 2.49. The monoisotopic (exact) mass is 323 g/mol. The van der Waals surface area contributed by atoms with Gasteiger partial charge in [-0.3, -0.25) is 25.4 Å². The average molecular weight is 324 g/mol. The minimum atomic E-state index is -0.488. The number of benzene rings is 1. The Hall–Kier alpha value is -2.11. The number of nitrogens with one attached hydrogen (secondary N) is 2. The number of hydrogen-bond donors (Lipinski definition) is 2. The van der Waals surface area contributed by atoms with Crippen LogP contribution < -0.4 is 10.9 Å². The summed E-state index contributed by atoms with van der Waals surface area (Å²) in [6.45, 7) is 0. The van der Waals surface area contributed by atoms with Gasteiger partial charge in [-0.05, 0) is 29.8 Å². The van der Waals surface area contributed by atoms with E-state index < -0.39 is 5.91 Å². The molecule has 1 aromatic heterocycles. The van der Waals surface area contributed by atoms with Gasteiger partial charge in [0.05, 0.1) is 16.5 Å². The molecule has 0 aliphatic rings. The van der Waals surface area contributed by atoms with Crippen molar-refractivity contribution >= 4 is 35.0 Å². The molecule has 2 aromatic rings. The number of carbonyl (C=O) groups excluding carboxylic acids is 2. The van der Waals surface area contributed by atoms with Crippen LogP contribution >= 0.6 is 23.2 Å². The summed E-state index contributed by atoms with van der Waals surface area (Å²) in [6.07, 6.45) is 1.56. The predicted molar refractivity (Wildman–Crippen MR) is 80.0 cm³/mol. The molecule has 7 heteroatoms. The lowest BCUT2D eigenvalue weighted by Gasteiger charge is -2.07. The summed E-state index contributed by atoms with van der Waals surface area (Å²) in [6, 6.07) is 9.82. The van der Waals surface area contributed by atoms with Crippen LogP contribution in [0.5, 0.6) is 0 Å². The Labute approximate surface area is 131 Å². The summed E-state index contributed by atoms with van der Waals surface area (Å²) in [7, 11) is 0. The number of hydrazine groups is 1. The summed E-state index contributed by atoms with van der Waals surface area (Å²) >= 11 is 11.7. The standard InChI is InChI=1S/C14H11Cl2N3O2/c15-10-5-4-9(7-11(10)16)8-13(20)18-19-14(21)12-3-1-2-6-17-12/h1-7H,8H2,(H,18,20)(H,19,21). The summed E-state index contributed by atoms with van der Waals surface area (Å²) in [5.74, 6) is -0.865. The first-order valence-corrected chi connectivity index (χ1v) is 6.76. The van der Waals surface area contributed by atoms with Crippen molar-refractivity contribution in [3.8, 4) is 0 Å². The Morgan fingerprint density at radius 3 is 2.52 bits per heavy atom. The van der Waals surface area contributed by atoms with Gasteiger partial charge in [-0.2, -0.15) is 0 Å². The quantitative estimate of drug-likeness (QED) is 0.852. The molecule has 0 unspecified atom stereocenters. The molecule has 0 atom stereocenters. The van der Waals surface area contributed by atoms with Crippen LogP contribution in [0.1, 0.15) is 16.1 Å². The minimum absolute atomic E-state index is 0.0688. The lowest BCUT2D eigenvalue weighted by molar-refractivity contribution is -0.121. The van der Waals surface area contributed by atoms with E-state index in [1.807, 2.05) is 0 Å². The van der Waals surface area contributed by atoms with Crippen LogP contribution in [0.2, 0.25) is 10.0 Å². The van der Waals surface area contributed by atoms with Gasteiger partial charge in [0, 0.05) is 6.20 Å². The van der Waals surface area contributed by atoms with E-state index in [0.29, 0.717) is 15.6 Å². The summed E-state index contributed by atoms with van der Waals surface area (Å²) in [4.78, 5) is 27.3. The van der Waals surface area contributed by atoms with E-state index in [2.05, 4.69) is 15.8 Å². The van der Waals surface area contributed by atoms with Crippen molar-refractivity contribution in [2.24, 2.45) is 0 Å².